The summed E-state index contributed by atoms with van der Waals surface area (Å²) in [5.41, 5.74) is 3.15. The van der Waals surface area contributed by atoms with Crippen molar-refractivity contribution in [2.24, 2.45) is 0 Å². The molecule has 4 aromatic carbocycles. The minimum absolute atomic E-state index is 0.0815. The highest BCUT2D eigenvalue weighted by Gasteiger charge is 2.24. The number of benzene rings is 4. The Labute approximate surface area is 233 Å². The van der Waals surface area contributed by atoms with Crippen LogP contribution in [0.1, 0.15) is 16.7 Å². The van der Waals surface area contributed by atoms with Crippen molar-refractivity contribution in [2.75, 3.05) is 19.5 Å². The molecule has 0 saturated carbocycles. The number of carbonyl (C=O) groups excluding carboxylic acids is 2. The van der Waals surface area contributed by atoms with Gasteiger partial charge in [-0.25, -0.2) is 4.79 Å². The summed E-state index contributed by atoms with van der Waals surface area (Å²) in [5, 5.41) is 5.55. The Kier molecular flexibility index (Phi) is 9.99. The average Bonchev–Trinajstić information content (AvgIpc) is 3.00. The van der Waals surface area contributed by atoms with Crippen molar-refractivity contribution < 1.29 is 28.5 Å². The van der Waals surface area contributed by atoms with Crippen molar-refractivity contribution in [1.82, 2.24) is 5.32 Å². The molecule has 0 saturated heterocycles. The smallest absolute Gasteiger partial charge is 0.408 e. The summed E-state index contributed by atoms with van der Waals surface area (Å²) in [7, 11) is 3.04. The largest absolute Gasteiger partial charge is 0.497 e. The van der Waals surface area contributed by atoms with Crippen molar-refractivity contribution in [3.63, 3.8) is 0 Å². The van der Waals surface area contributed by atoms with Crippen LogP contribution in [0.2, 0.25) is 0 Å². The number of hydrogen-bond acceptors (Lipinski definition) is 6. The Hall–Kier alpha value is -4.98. The van der Waals surface area contributed by atoms with Gasteiger partial charge < -0.3 is 29.6 Å². The van der Waals surface area contributed by atoms with Gasteiger partial charge in [-0.1, -0.05) is 72.8 Å². The molecule has 4 rings (SSSR count). The standard InChI is InChI=1S/C32H32N2O6/c1-37-27-17-18-30(38-2)28(20-27)33-31(35)29(34-32(36)40-22-25-11-7-4-8-12-25)19-23-13-15-26(16-14-23)39-21-24-9-5-3-6-10-24/h3-18,20,29H,19,21-22H2,1-2H3,(H,33,35)(H,34,36)/t29-/m1/s1. The molecule has 0 unspecified atom stereocenters. The fraction of sp³-hybridized carbons (Fsp3) is 0.188. The Morgan fingerprint density at radius 2 is 1.32 bits per heavy atom. The molecule has 2 N–H and O–H groups in total. The Morgan fingerprint density at radius 3 is 1.95 bits per heavy atom. The normalized spacial score (nSPS) is 11.2. The Morgan fingerprint density at radius 1 is 0.700 bits per heavy atom. The Bertz CT molecular complexity index is 1380. The van der Waals surface area contributed by atoms with Gasteiger partial charge in [0.2, 0.25) is 5.91 Å². The highest BCUT2D eigenvalue weighted by molar-refractivity contribution is 5.98. The third-order valence-electron chi connectivity index (χ3n) is 6.10. The van der Waals surface area contributed by atoms with Gasteiger partial charge in [-0.3, -0.25) is 4.79 Å². The summed E-state index contributed by atoms with van der Waals surface area (Å²) in [6, 6.07) is 30.8. The van der Waals surface area contributed by atoms with E-state index in [0.717, 1.165) is 16.7 Å². The van der Waals surface area contributed by atoms with Gasteiger partial charge in [0, 0.05) is 12.5 Å². The minimum Gasteiger partial charge on any atom is -0.497 e. The summed E-state index contributed by atoms with van der Waals surface area (Å²) in [6.45, 7) is 0.528. The summed E-state index contributed by atoms with van der Waals surface area (Å²) in [5.74, 6) is 1.27. The molecule has 0 aliphatic rings. The topological polar surface area (TPSA) is 95.1 Å². The van der Waals surface area contributed by atoms with Crippen molar-refractivity contribution in [2.45, 2.75) is 25.7 Å². The van der Waals surface area contributed by atoms with Crippen LogP contribution in [0.25, 0.3) is 0 Å². The van der Waals surface area contributed by atoms with Crippen LogP contribution >= 0.6 is 0 Å². The molecule has 8 heteroatoms. The maximum Gasteiger partial charge on any atom is 0.408 e. The van der Waals surface area contributed by atoms with Crippen LogP contribution in [0.15, 0.2) is 103 Å². The first-order valence-electron chi connectivity index (χ1n) is 12.8. The number of carbonyl (C=O) groups is 2. The van der Waals surface area contributed by atoms with Crippen LogP contribution < -0.4 is 24.8 Å². The van der Waals surface area contributed by atoms with Crippen LogP contribution in [0.3, 0.4) is 0 Å². The number of amides is 2. The average molecular weight is 541 g/mol. The quantitative estimate of drug-likeness (QED) is 0.237. The zero-order valence-electron chi connectivity index (χ0n) is 22.5. The van der Waals surface area contributed by atoms with Gasteiger partial charge in [-0.2, -0.15) is 0 Å². The lowest BCUT2D eigenvalue weighted by molar-refractivity contribution is -0.118. The molecule has 4 aromatic rings. The molecule has 40 heavy (non-hydrogen) atoms. The van der Waals surface area contributed by atoms with E-state index in [-0.39, 0.29) is 13.0 Å². The number of ether oxygens (including phenoxy) is 4. The molecule has 1 atom stereocenters. The summed E-state index contributed by atoms with van der Waals surface area (Å²) in [4.78, 5) is 26.1. The zero-order chi connectivity index (χ0) is 28.2. The third-order valence-corrected chi connectivity index (χ3v) is 6.10. The second-order valence-corrected chi connectivity index (χ2v) is 8.94. The van der Waals surface area contributed by atoms with E-state index in [9.17, 15) is 9.59 Å². The van der Waals surface area contributed by atoms with E-state index < -0.39 is 18.0 Å². The molecule has 0 fully saturated rings. The lowest BCUT2D eigenvalue weighted by Gasteiger charge is -2.20. The van der Waals surface area contributed by atoms with E-state index in [0.29, 0.717) is 29.5 Å². The molecule has 206 valence electrons. The van der Waals surface area contributed by atoms with Crippen LogP contribution in [0.4, 0.5) is 10.5 Å². The lowest BCUT2D eigenvalue weighted by Crippen LogP contribution is -2.45. The summed E-state index contributed by atoms with van der Waals surface area (Å²) >= 11 is 0. The number of anilines is 1. The molecule has 0 radical (unpaired) electrons. The fourth-order valence-electron chi connectivity index (χ4n) is 3.95. The summed E-state index contributed by atoms with van der Waals surface area (Å²) < 4.78 is 21.9. The molecule has 2 amide bonds. The summed E-state index contributed by atoms with van der Waals surface area (Å²) in [6.07, 6.45) is -0.484. The van der Waals surface area contributed by atoms with Crippen molar-refractivity contribution in [3.05, 3.63) is 120 Å². The fourth-order valence-corrected chi connectivity index (χ4v) is 3.95. The second-order valence-electron chi connectivity index (χ2n) is 8.94. The number of hydrogen-bond donors (Lipinski definition) is 2. The van der Waals surface area contributed by atoms with Crippen LogP contribution in [0, 0.1) is 0 Å². The van der Waals surface area contributed by atoms with Crippen LogP contribution in [-0.2, 0) is 29.2 Å². The number of nitrogens with one attached hydrogen (secondary N) is 2. The van der Waals surface area contributed by atoms with Gasteiger partial charge in [0.05, 0.1) is 19.9 Å². The van der Waals surface area contributed by atoms with E-state index in [1.165, 1.54) is 14.2 Å². The molecule has 0 aliphatic carbocycles. The SMILES string of the molecule is COc1ccc(OC)c(NC(=O)[C@@H](Cc2ccc(OCc3ccccc3)cc2)NC(=O)OCc2ccccc2)c1. The Balaban J connectivity index is 1.45. The first kappa shape index (κ1) is 28.0. The van der Waals surface area contributed by atoms with E-state index >= 15 is 0 Å². The minimum atomic E-state index is -0.935. The van der Waals surface area contributed by atoms with Crippen molar-refractivity contribution in [3.8, 4) is 17.2 Å². The predicted molar refractivity (Wildman–Crippen MR) is 153 cm³/mol. The number of rotatable bonds is 12. The third kappa shape index (κ3) is 8.26. The van der Waals surface area contributed by atoms with Gasteiger partial charge in [0.15, 0.2) is 0 Å². The van der Waals surface area contributed by atoms with Gasteiger partial charge in [-0.05, 0) is 41.0 Å². The molecule has 0 aromatic heterocycles. The maximum absolute atomic E-state index is 13.4. The van der Waals surface area contributed by atoms with Crippen LogP contribution in [0.5, 0.6) is 17.2 Å². The van der Waals surface area contributed by atoms with Gasteiger partial charge in [0.25, 0.3) is 0 Å². The molecular weight excluding hydrogens is 508 g/mol. The molecule has 0 bridgehead atoms. The van der Waals surface area contributed by atoms with Crippen molar-refractivity contribution in [1.29, 1.82) is 0 Å². The first-order chi connectivity index (χ1) is 19.5. The van der Waals surface area contributed by atoms with Gasteiger partial charge in [-0.15, -0.1) is 0 Å². The maximum atomic E-state index is 13.4. The molecular formula is C32H32N2O6. The van der Waals surface area contributed by atoms with E-state index in [1.807, 2.05) is 84.9 Å². The zero-order valence-corrected chi connectivity index (χ0v) is 22.5. The molecule has 8 nitrogen and oxygen atoms in total. The first-order valence-corrected chi connectivity index (χ1v) is 12.8. The highest BCUT2D eigenvalue weighted by Crippen LogP contribution is 2.29. The van der Waals surface area contributed by atoms with Crippen LogP contribution in [-0.4, -0.2) is 32.3 Å². The number of alkyl carbamates (subject to hydrolysis) is 1. The number of methoxy groups -OCH3 is 2. The van der Waals surface area contributed by atoms with Crippen molar-refractivity contribution >= 4 is 17.7 Å². The lowest BCUT2D eigenvalue weighted by atomic mass is 10.0. The predicted octanol–water partition coefficient (Wildman–Crippen LogP) is 5.76. The molecule has 0 spiro atoms. The molecule has 0 aliphatic heterocycles. The van der Waals surface area contributed by atoms with E-state index in [1.54, 1.807) is 18.2 Å². The van der Waals surface area contributed by atoms with E-state index in [2.05, 4.69) is 10.6 Å². The van der Waals surface area contributed by atoms with Gasteiger partial charge >= 0.3 is 6.09 Å². The van der Waals surface area contributed by atoms with E-state index in [4.69, 9.17) is 18.9 Å². The van der Waals surface area contributed by atoms with Gasteiger partial charge in [0.1, 0.15) is 36.5 Å². The highest BCUT2D eigenvalue weighted by atomic mass is 16.5. The molecule has 0 heterocycles. The second kappa shape index (κ2) is 14.2. The monoisotopic (exact) mass is 540 g/mol.